The van der Waals surface area contributed by atoms with E-state index < -0.39 is 6.36 Å². The molecule has 1 aliphatic heterocycles. The lowest BCUT2D eigenvalue weighted by molar-refractivity contribution is -0.275. The van der Waals surface area contributed by atoms with Gasteiger partial charge in [-0.15, -0.1) is 13.2 Å². The summed E-state index contributed by atoms with van der Waals surface area (Å²) in [6.45, 7) is 3.14. The Balaban J connectivity index is 2.05. The SMILES string of the molecule is FC(F)(F)Oc1ccc(Br)cc1[C@@H](c1ccsc1)N1CCNCC1. The molecule has 1 saturated heterocycles. The molecule has 8 heteroatoms. The van der Waals surface area contributed by atoms with Crippen LogP contribution in [-0.2, 0) is 0 Å². The van der Waals surface area contributed by atoms with E-state index in [0.29, 0.717) is 5.56 Å². The molecule has 24 heavy (non-hydrogen) atoms. The number of thiophene rings is 1. The molecule has 1 N–H and O–H groups in total. The van der Waals surface area contributed by atoms with E-state index in [-0.39, 0.29) is 11.8 Å². The van der Waals surface area contributed by atoms with E-state index in [1.54, 1.807) is 12.1 Å². The van der Waals surface area contributed by atoms with Crippen LogP contribution in [0.15, 0.2) is 39.5 Å². The highest BCUT2D eigenvalue weighted by Gasteiger charge is 2.34. The van der Waals surface area contributed by atoms with Gasteiger partial charge in [0.05, 0.1) is 6.04 Å². The van der Waals surface area contributed by atoms with Crippen LogP contribution in [0.4, 0.5) is 13.2 Å². The van der Waals surface area contributed by atoms with Gasteiger partial charge in [-0.3, -0.25) is 4.90 Å². The van der Waals surface area contributed by atoms with E-state index in [2.05, 4.69) is 30.9 Å². The lowest BCUT2D eigenvalue weighted by Gasteiger charge is -2.35. The number of hydrogen-bond donors (Lipinski definition) is 1. The van der Waals surface area contributed by atoms with Gasteiger partial charge in [-0.05, 0) is 40.6 Å². The quantitative estimate of drug-likeness (QED) is 0.792. The van der Waals surface area contributed by atoms with E-state index in [4.69, 9.17) is 0 Å². The number of ether oxygens (including phenoxy) is 1. The molecule has 1 aromatic heterocycles. The number of piperazine rings is 1. The van der Waals surface area contributed by atoms with Crippen molar-refractivity contribution in [2.24, 2.45) is 0 Å². The number of halogens is 4. The molecular weight excluding hydrogens is 405 g/mol. The summed E-state index contributed by atoms with van der Waals surface area (Å²) in [5.74, 6) is -0.152. The van der Waals surface area contributed by atoms with Gasteiger partial charge in [-0.1, -0.05) is 15.9 Å². The van der Waals surface area contributed by atoms with E-state index in [1.165, 1.54) is 17.4 Å². The van der Waals surface area contributed by atoms with Gasteiger partial charge < -0.3 is 10.1 Å². The Bertz CT molecular complexity index is 672. The zero-order chi connectivity index (χ0) is 17.2. The maximum absolute atomic E-state index is 12.8. The first-order chi connectivity index (χ1) is 11.4. The van der Waals surface area contributed by atoms with Crippen molar-refractivity contribution in [3.63, 3.8) is 0 Å². The van der Waals surface area contributed by atoms with Crippen LogP contribution in [0.5, 0.6) is 5.75 Å². The van der Waals surface area contributed by atoms with Gasteiger partial charge in [0.2, 0.25) is 0 Å². The lowest BCUT2D eigenvalue weighted by atomic mass is 9.98. The van der Waals surface area contributed by atoms with Crippen LogP contribution >= 0.6 is 27.3 Å². The predicted molar refractivity (Wildman–Crippen MR) is 91.4 cm³/mol. The maximum Gasteiger partial charge on any atom is 0.573 e. The summed E-state index contributed by atoms with van der Waals surface area (Å²) in [6.07, 6.45) is -4.72. The van der Waals surface area contributed by atoms with E-state index in [0.717, 1.165) is 36.2 Å². The van der Waals surface area contributed by atoms with Gasteiger partial charge in [0.25, 0.3) is 0 Å². The Labute approximate surface area is 150 Å². The predicted octanol–water partition coefficient (Wildman–Crippen LogP) is 4.40. The van der Waals surface area contributed by atoms with Crippen molar-refractivity contribution in [1.29, 1.82) is 0 Å². The lowest BCUT2D eigenvalue weighted by Crippen LogP contribution is -2.45. The molecule has 1 aliphatic rings. The molecule has 0 amide bonds. The van der Waals surface area contributed by atoms with Gasteiger partial charge in [0, 0.05) is 36.2 Å². The highest BCUT2D eigenvalue weighted by Crippen LogP contribution is 2.39. The Morgan fingerprint density at radius 3 is 2.58 bits per heavy atom. The summed E-state index contributed by atoms with van der Waals surface area (Å²) in [4.78, 5) is 2.18. The van der Waals surface area contributed by atoms with Crippen LogP contribution in [0.25, 0.3) is 0 Å². The smallest absolute Gasteiger partial charge is 0.405 e. The Morgan fingerprint density at radius 2 is 1.96 bits per heavy atom. The number of nitrogens with zero attached hydrogens (tertiary/aromatic N) is 1. The fourth-order valence-corrected chi connectivity index (χ4v) is 3.97. The first kappa shape index (κ1) is 17.7. The zero-order valence-electron chi connectivity index (χ0n) is 12.6. The van der Waals surface area contributed by atoms with Gasteiger partial charge in [-0.2, -0.15) is 11.3 Å². The summed E-state index contributed by atoms with van der Waals surface area (Å²) in [5, 5.41) is 7.19. The second kappa shape index (κ2) is 7.43. The largest absolute Gasteiger partial charge is 0.573 e. The molecule has 130 valence electrons. The topological polar surface area (TPSA) is 24.5 Å². The average Bonchev–Trinajstić information content (AvgIpc) is 3.04. The summed E-state index contributed by atoms with van der Waals surface area (Å²) in [6, 6.07) is 6.33. The Hall–Kier alpha value is -1.09. The van der Waals surface area contributed by atoms with Crippen molar-refractivity contribution in [3.05, 3.63) is 50.6 Å². The van der Waals surface area contributed by atoms with E-state index in [9.17, 15) is 13.2 Å². The van der Waals surface area contributed by atoms with Gasteiger partial charge in [0.15, 0.2) is 0 Å². The molecule has 1 atom stereocenters. The molecule has 3 nitrogen and oxygen atoms in total. The Kier molecular flexibility index (Phi) is 5.49. The monoisotopic (exact) mass is 420 g/mol. The highest BCUT2D eigenvalue weighted by atomic mass is 79.9. The third kappa shape index (κ3) is 4.30. The van der Waals surface area contributed by atoms with Crippen LogP contribution < -0.4 is 10.1 Å². The first-order valence-electron chi connectivity index (χ1n) is 7.46. The first-order valence-corrected chi connectivity index (χ1v) is 9.20. The van der Waals surface area contributed by atoms with Crippen LogP contribution in [-0.4, -0.2) is 37.4 Å². The van der Waals surface area contributed by atoms with Crippen LogP contribution in [0.3, 0.4) is 0 Å². The fourth-order valence-electron chi connectivity index (χ4n) is 2.91. The van der Waals surface area contributed by atoms with E-state index in [1.807, 2.05) is 16.8 Å². The van der Waals surface area contributed by atoms with Gasteiger partial charge >= 0.3 is 6.36 Å². The molecule has 1 aromatic carbocycles. The molecule has 0 radical (unpaired) electrons. The minimum absolute atomic E-state index is 0.152. The number of rotatable bonds is 4. The molecule has 1 fully saturated rings. The van der Waals surface area contributed by atoms with Crippen molar-refractivity contribution in [2.75, 3.05) is 26.2 Å². The van der Waals surface area contributed by atoms with Crippen molar-refractivity contribution in [1.82, 2.24) is 10.2 Å². The van der Waals surface area contributed by atoms with Crippen molar-refractivity contribution in [2.45, 2.75) is 12.4 Å². The maximum atomic E-state index is 12.8. The third-order valence-corrected chi connectivity index (χ3v) is 5.06. The summed E-state index contributed by atoms with van der Waals surface area (Å²) in [5.41, 5.74) is 1.49. The van der Waals surface area contributed by atoms with Crippen molar-refractivity contribution < 1.29 is 17.9 Å². The van der Waals surface area contributed by atoms with Gasteiger partial charge in [0.1, 0.15) is 5.75 Å². The van der Waals surface area contributed by atoms with Gasteiger partial charge in [-0.25, -0.2) is 0 Å². The normalized spacial score (nSPS) is 17.7. The molecule has 0 bridgehead atoms. The fraction of sp³-hybridized carbons (Fsp3) is 0.375. The number of benzene rings is 1. The van der Waals surface area contributed by atoms with Crippen LogP contribution in [0, 0.1) is 0 Å². The van der Waals surface area contributed by atoms with Crippen LogP contribution in [0.2, 0.25) is 0 Å². The highest BCUT2D eigenvalue weighted by molar-refractivity contribution is 9.10. The summed E-state index contributed by atoms with van der Waals surface area (Å²) >= 11 is 4.90. The van der Waals surface area contributed by atoms with Crippen molar-refractivity contribution in [3.8, 4) is 5.75 Å². The van der Waals surface area contributed by atoms with Crippen LogP contribution in [0.1, 0.15) is 17.2 Å². The minimum Gasteiger partial charge on any atom is -0.405 e. The molecule has 2 heterocycles. The third-order valence-electron chi connectivity index (χ3n) is 3.87. The standard InChI is InChI=1S/C16H16BrF3N2OS/c17-12-1-2-14(23-16(18,19)20)13(9-12)15(11-3-8-24-10-11)22-6-4-21-5-7-22/h1-3,8-10,15,21H,4-7H2/t15-/m1/s1. The minimum atomic E-state index is -4.72. The number of nitrogens with one attached hydrogen (secondary N) is 1. The summed E-state index contributed by atoms with van der Waals surface area (Å²) in [7, 11) is 0. The van der Waals surface area contributed by atoms with Crippen molar-refractivity contribution >= 4 is 27.3 Å². The second-order valence-electron chi connectivity index (χ2n) is 5.48. The summed E-state index contributed by atoms with van der Waals surface area (Å²) < 4.78 is 43.5. The molecule has 0 spiro atoms. The molecule has 0 aliphatic carbocycles. The molecule has 0 unspecified atom stereocenters. The molecule has 3 rings (SSSR count). The Morgan fingerprint density at radius 1 is 1.21 bits per heavy atom. The second-order valence-corrected chi connectivity index (χ2v) is 7.17. The zero-order valence-corrected chi connectivity index (χ0v) is 15.0. The van der Waals surface area contributed by atoms with E-state index >= 15 is 0 Å². The molecular formula is C16H16BrF3N2OS. The average molecular weight is 421 g/mol. The number of hydrogen-bond acceptors (Lipinski definition) is 4. The molecule has 0 saturated carbocycles. The number of alkyl halides is 3. The molecule has 2 aromatic rings.